The lowest BCUT2D eigenvalue weighted by molar-refractivity contribution is -0.130. The Labute approximate surface area is 165 Å². The number of aryl methyl sites for hydroxylation is 2. The highest BCUT2D eigenvalue weighted by molar-refractivity contribution is 7.99. The first-order chi connectivity index (χ1) is 12.6. The topological polar surface area (TPSA) is 46.1 Å². The zero-order chi connectivity index (χ0) is 18.1. The first-order valence-corrected chi connectivity index (χ1v) is 11.2. The number of rotatable bonds is 4. The lowest BCUT2D eigenvalue weighted by atomic mass is 9.98. The largest absolute Gasteiger partial charge is 0.330 e. The van der Waals surface area contributed by atoms with Crippen LogP contribution >= 0.6 is 34.4 Å². The molecule has 3 aromatic heterocycles. The summed E-state index contributed by atoms with van der Waals surface area (Å²) in [5.74, 6) is 0.512. The molecule has 4 heterocycles. The molecule has 0 aliphatic carbocycles. The summed E-state index contributed by atoms with van der Waals surface area (Å²) < 4.78 is 0. The van der Waals surface area contributed by atoms with Crippen molar-refractivity contribution in [3.63, 3.8) is 0 Å². The first-order valence-electron chi connectivity index (χ1n) is 8.46. The number of carbonyl (C=O) groups excluding carboxylic acids is 1. The molecule has 4 nitrogen and oxygen atoms in total. The summed E-state index contributed by atoms with van der Waals surface area (Å²) in [4.78, 5) is 26.6. The van der Waals surface area contributed by atoms with E-state index in [1.165, 1.54) is 27.1 Å². The van der Waals surface area contributed by atoms with E-state index in [4.69, 9.17) is 0 Å². The van der Waals surface area contributed by atoms with Gasteiger partial charge in [0.25, 0.3) is 0 Å². The average molecular weight is 402 g/mol. The van der Waals surface area contributed by atoms with Gasteiger partial charge in [0, 0.05) is 27.7 Å². The molecule has 0 spiro atoms. The molecule has 1 atom stereocenters. The van der Waals surface area contributed by atoms with Gasteiger partial charge < -0.3 is 4.90 Å². The smallest absolute Gasteiger partial charge is 0.233 e. The third-order valence-electron chi connectivity index (χ3n) is 4.39. The van der Waals surface area contributed by atoms with Crippen LogP contribution in [0.15, 0.2) is 40.2 Å². The maximum Gasteiger partial charge on any atom is 0.233 e. The van der Waals surface area contributed by atoms with Crippen molar-refractivity contribution in [1.82, 2.24) is 14.9 Å². The Kier molecular flexibility index (Phi) is 5.11. The number of fused-ring (bicyclic) bond motifs is 1. The number of hydrogen-bond donors (Lipinski definition) is 0. The highest BCUT2D eigenvalue weighted by atomic mass is 32.2. The molecule has 134 valence electrons. The molecule has 0 saturated heterocycles. The molecular formula is C19H19N3OS3. The van der Waals surface area contributed by atoms with E-state index < -0.39 is 0 Å². The van der Waals surface area contributed by atoms with E-state index in [-0.39, 0.29) is 11.9 Å². The molecule has 4 rings (SSSR count). The van der Waals surface area contributed by atoms with Gasteiger partial charge in [-0.1, -0.05) is 17.8 Å². The molecule has 0 N–H and O–H groups in total. The minimum absolute atomic E-state index is 0.0401. The van der Waals surface area contributed by atoms with Gasteiger partial charge in [-0.05, 0) is 54.8 Å². The van der Waals surface area contributed by atoms with E-state index in [1.807, 2.05) is 24.8 Å². The van der Waals surface area contributed by atoms with Crippen molar-refractivity contribution >= 4 is 40.3 Å². The molecule has 3 aromatic rings. The fourth-order valence-electron chi connectivity index (χ4n) is 3.31. The van der Waals surface area contributed by atoms with Crippen LogP contribution in [-0.4, -0.2) is 33.1 Å². The van der Waals surface area contributed by atoms with Gasteiger partial charge in [0.05, 0.1) is 11.8 Å². The van der Waals surface area contributed by atoms with E-state index in [9.17, 15) is 4.79 Å². The molecule has 0 bridgehead atoms. The Morgan fingerprint density at radius 2 is 2.04 bits per heavy atom. The van der Waals surface area contributed by atoms with Gasteiger partial charge in [-0.25, -0.2) is 9.97 Å². The van der Waals surface area contributed by atoms with Crippen molar-refractivity contribution in [3.8, 4) is 0 Å². The van der Waals surface area contributed by atoms with E-state index in [2.05, 4.69) is 38.9 Å². The molecule has 0 radical (unpaired) electrons. The number of carbonyl (C=O) groups is 1. The molecule has 0 saturated carbocycles. The number of nitrogens with zero attached hydrogens (tertiary/aromatic N) is 3. The fourth-order valence-corrected chi connectivity index (χ4v) is 5.90. The van der Waals surface area contributed by atoms with Gasteiger partial charge in [-0.15, -0.1) is 22.7 Å². The summed E-state index contributed by atoms with van der Waals surface area (Å²) in [5.41, 5.74) is 3.15. The Morgan fingerprint density at radius 1 is 1.23 bits per heavy atom. The van der Waals surface area contributed by atoms with Gasteiger partial charge in [-0.3, -0.25) is 4.79 Å². The van der Waals surface area contributed by atoms with Crippen molar-refractivity contribution in [3.05, 3.63) is 61.7 Å². The van der Waals surface area contributed by atoms with Crippen LogP contribution in [0.4, 0.5) is 0 Å². The van der Waals surface area contributed by atoms with E-state index in [1.54, 1.807) is 22.7 Å². The second kappa shape index (κ2) is 7.50. The number of aromatic nitrogens is 2. The van der Waals surface area contributed by atoms with Crippen molar-refractivity contribution in [2.45, 2.75) is 31.5 Å². The summed E-state index contributed by atoms with van der Waals surface area (Å²) in [6, 6.07) is 8.34. The maximum atomic E-state index is 13.0. The van der Waals surface area contributed by atoms with Crippen molar-refractivity contribution in [2.24, 2.45) is 0 Å². The monoisotopic (exact) mass is 401 g/mol. The van der Waals surface area contributed by atoms with E-state index in [0.29, 0.717) is 10.9 Å². The number of hydrogen-bond acceptors (Lipinski definition) is 6. The highest BCUT2D eigenvalue weighted by Gasteiger charge is 2.33. The standard InChI is InChI=1S/C19H19N3OS3/c1-12-10-13(2)21-19(20-12)26-11-17(23)22-7-5-15-14(6-9-25-15)18(22)16-4-3-8-24-16/h3-4,6,8-10,18H,5,7,11H2,1-2H3. The molecule has 7 heteroatoms. The van der Waals surface area contributed by atoms with Gasteiger partial charge in [0.2, 0.25) is 5.91 Å². The summed E-state index contributed by atoms with van der Waals surface area (Å²) in [7, 11) is 0. The fraction of sp³-hybridized carbons (Fsp3) is 0.316. The summed E-state index contributed by atoms with van der Waals surface area (Å²) in [6.45, 7) is 4.68. The van der Waals surface area contributed by atoms with Crippen LogP contribution in [0.2, 0.25) is 0 Å². The number of thioether (sulfide) groups is 1. The predicted octanol–water partition coefficient (Wildman–Crippen LogP) is 4.48. The number of thiophene rings is 2. The number of amides is 1. The summed E-state index contributed by atoms with van der Waals surface area (Å²) in [6.07, 6.45) is 0.936. The second-order valence-electron chi connectivity index (χ2n) is 6.28. The SMILES string of the molecule is Cc1cc(C)nc(SCC(=O)N2CCc3sccc3C2c2cccs2)n1. The average Bonchev–Trinajstić information content (AvgIpc) is 3.29. The van der Waals surface area contributed by atoms with E-state index in [0.717, 1.165) is 24.4 Å². The molecular weight excluding hydrogens is 382 g/mol. The van der Waals surface area contributed by atoms with Crippen LogP contribution in [0.5, 0.6) is 0 Å². The van der Waals surface area contributed by atoms with Crippen LogP contribution in [0, 0.1) is 13.8 Å². The maximum absolute atomic E-state index is 13.0. The molecule has 1 aliphatic rings. The van der Waals surface area contributed by atoms with E-state index >= 15 is 0 Å². The third kappa shape index (κ3) is 3.56. The normalized spacial score (nSPS) is 16.5. The van der Waals surface area contributed by atoms with Gasteiger partial charge in [-0.2, -0.15) is 0 Å². The van der Waals surface area contributed by atoms with Crippen LogP contribution < -0.4 is 0 Å². The molecule has 1 amide bonds. The molecule has 0 aromatic carbocycles. The molecule has 1 aliphatic heterocycles. The minimum atomic E-state index is 0.0401. The van der Waals surface area contributed by atoms with Gasteiger partial charge >= 0.3 is 0 Å². The Morgan fingerprint density at radius 3 is 2.77 bits per heavy atom. The highest BCUT2D eigenvalue weighted by Crippen LogP contribution is 2.39. The Balaban J connectivity index is 1.54. The zero-order valence-corrected chi connectivity index (χ0v) is 17.1. The molecule has 26 heavy (non-hydrogen) atoms. The molecule has 0 fully saturated rings. The third-order valence-corrected chi connectivity index (χ3v) is 7.14. The summed E-state index contributed by atoms with van der Waals surface area (Å²) in [5, 5.41) is 4.89. The quantitative estimate of drug-likeness (QED) is 0.478. The van der Waals surface area contributed by atoms with Crippen LogP contribution in [0.1, 0.15) is 32.7 Å². The van der Waals surface area contributed by atoms with Crippen LogP contribution in [0.3, 0.4) is 0 Å². The summed E-state index contributed by atoms with van der Waals surface area (Å²) >= 11 is 4.94. The second-order valence-corrected chi connectivity index (χ2v) is 9.20. The Bertz CT molecular complexity index is 900. The predicted molar refractivity (Wildman–Crippen MR) is 108 cm³/mol. The molecule has 1 unspecified atom stereocenters. The zero-order valence-electron chi connectivity index (χ0n) is 14.6. The lowest BCUT2D eigenvalue weighted by Crippen LogP contribution is -2.40. The van der Waals surface area contributed by atoms with Crippen LogP contribution in [0.25, 0.3) is 0 Å². The van der Waals surface area contributed by atoms with Gasteiger partial charge in [0.15, 0.2) is 5.16 Å². The first kappa shape index (κ1) is 17.7. The minimum Gasteiger partial charge on any atom is -0.330 e. The Hall–Kier alpha value is -1.70. The van der Waals surface area contributed by atoms with Crippen LogP contribution in [-0.2, 0) is 11.2 Å². The van der Waals surface area contributed by atoms with Gasteiger partial charge in [0.1, 0.15) is 0 Å². The lowest BCUT2D eigenvalue weighted by Gasteiger charge is -2.35. The van der Waals surface area contributed by atoms with Crippen molar-refractivity contribution in [2.75, 3.05) is 12.3 Å². The van der Waals surface area contributed by atoms with Crippen molar-refractivity contribution in [1.29, 1.82) is 0 Å². The van der Waals surface area contributed by atoms with Crippen molar-refractivity contribution < 1.29 is 4.79 Å².